The third kappa shape index (κ3) is 5.01. The maximum absolute atomic E-state index is 13.0. The number of carbonyl (C=O) groups excluding carboxylic acids is 3. The summed E-state index contributed by atoms with van der Waals surface area (Å²) < 4.78 is 16.6. The van der Waals surface area contributed by atoms with Crippen LogP contribution in [0.4, 0.5) is 10.5 Å². The largest absolute Gasteiger partial charge is 0.519 e. The molecule has 1 aromatic heterocycles. The number of rotatable bonds is 6. The second-order valence-electron chi connectivity index (χ2n) is 6.68. The third-order valence-electron chi connectivity index (χ3n) is 4.41. The van der Waals surface area contributed by atoms with Gasteiger partial charge in [0.25, 0.3) is 5.91 Å². The van der Waals surface area contributed by atoms with Crippen molar-refractivity contribution >= 4 is 23.7 Å². The Morgan fingerprint density at radius 3 is 2.48 bits per heavy atom. The summed E-state index contributed by atoms with van der Waals surface area (Å²) in [7, 11) is 1.51. The van der Waals surface area contributed by atoms with E-state index >= 15 is 0 Å². The first-order valence-electron chi connectivity index (χ1n) is 9.39. The smallest absolute Gasteiger partial charge is 0.395 e. The molecular formula is C20H22N4O7. The average Bonchev–Trinajstić information content (AvgIpc) is 2.71. The van der Waals surface area contributed by atoms with E-state index in [0.717, 1.165) is 0 Å². The molecule has 164 valence electrons. The highest BCUT2D eigenvalue weighted by Gasteiger charge is 2.33. The number of ether oxygens (including phenoxy) is 3. The van der Waals surface area contributed by atoms with Gasteiger partial charge in [0.2, 0.25) is 17.1 Å². The van der Waals surface area contributed by atoms with E-state index in [0.29, 0.717) is 12.3 Å². The molecule has 0 aliphatic carbocycles. The predicted octanol–water partition coefficient (Wildman–Crippen LogP) is 1.38. The van der Waals surface area contributed by atoms with Gasteiger partial charge in [0.1, 0.15) is 11.9 Å². The number of pyridine rings is 1. The summed E-state index contributed by atoms with van der Waals surface area (Å²) in [5.41, 5.74) is 2.76. The molecule has 11 heteroatoms. The first kappa shape index (κ1) is 21.8. The predicted molar refractivity (Wildman–Crippen MR) is 110 cm³/mol. The molecule has 11 nitrogen and oxygen atoms in total. The van der Waals surface area contributed by atoms with Crippen LogP contribution in [-0.4, -0.2) is 54.0 Å². The Morgan fingerprint density at radius 2 is 1.84 bits per heavy atom. The Morgan fingerprint density at radius 1 is 1.13 bits per heavy atom. The summed E-state index contributed by atoms with van der Waals surface area (Å²) in [4.78, 5) is 50.1. The summed E-state index contributed by atoms with van der Waals surface area (Å²) in [6.45, 7) is 3.71. The molecule has 0 saturated carbocycles. The van der Waals surface area contributed by atoms with Crippen molar-refractivity contribution in [3.05, 3.63) is 52.4 Å². The molecule has 3 rings (SSSR count). The lowest BCUT2D eigenvalue weighted by Gasteiger charge is -2.36. The zero-order valence-corrected chi connectivity index (χ0v) is 17.2. The number of amides is 2. The van der Waals surface area contributed by atoms with E-state index in [9.17, 15) is 19.2 Å². The molecule has 1 aliphatic rings. The summed E-state index contributed by atoms with van der Waals surface area (Å²) in [6, 6.07) is 7.13. The second-order valence-corrected chi connectivity index (χ2v) is 6.68. The van der Waals surface area contributed by atoms with Crippen LogP contribution in [0.3, 0.4) is 0 Å². The number of carbonyl (C=O) groups is 3. The maximum Gasteiger partial charge on any atom is 0.519 e. The van der Waals surface area contributed by atoms with Crippen LogP contribution in [0.5, 0.6) is 11.5 Å². The van der Waals surface area contributed by atoms with Gasteiger partial charge in [-0.05, 0) is 31.2 Å². The maximum atomic E-state index is 13.0. The third-order valence-corrected chi connectivity index (χ3v) is 4.41. The highest BCUT2D eigenvalue weighted by Crippen LogP contribution is 2.22. The zero-order valence-electron chi connectivity index (χ0n) is 17.2. The van der Waals surface area contributed by atoms with Crippen molar-refractivity contribution in [2.45, 2.75) is 20.0 Å². The van der Waals surface area contributed by atoms with E-state index in [2.05, 4.69) is 10.7 Å². The van der Waals surface area contributed by atoms with Crippen molar-refractivity contribution in [1.29, 1.82) is 0 Å². The molecule has 0 fully saturated rings. The molecule has 1 atom stereocenters. The number of benzene rings is 1. The topological polar surface area (TPSA) is 128 Å². The molecule has 2 aromatic rings. The summed E-state index contributed by atoms with van der Waals surface area (Å²) >= 11 is 0. The highest BCUT2D eigenvalue weighted by atomic mass is 16.7. The van der Waals surface area contributed by atoms with E-state index in [1.165, 1.54) is 60.1 Å². The van der Waals surface area contributed by atoms with Crippen molar-refractivity contribution in [2.24, 2.45) is 0 Å². The van der Waals surface area contributed by atoms with Crippen molar-refractivity contribution in [2.75, 3.05) is 31.0 Å². The molecule has 0 radical (unpaired) electrons. The van der Waals surface area contributed by atoms with Gasteiger partial charge >= 0.3 is 6.16 Å². The normalized spacial score (nSPS) is 15.0. The van der Waals surface area contributed by atoms with Crippen LogP contribution >= 0.6 is 0 Å². The van der Waals surface area contributed by atoms with Crippen LogP contribution < -0.4 is 25.6 Å². The first-order chi connectivity index (χ1) is 14.8. The molecule has 0 bridgehead atoms. The second kappa shape index (κ2) is 9.30. The van der Waals surface area contributed by atoms with Crippen LogP contribution in [-0.2, 0) is 9.53 Å². The standard InChI is InChI=1S/C20H22N4O7/c1-12-22-24-9-8-16(26)18(17(24)19(27)23(12)10-11-29-3)31-20(28)30-15-6-4-14(5-7-15)21-13(2)25/h4-9,12,22H,10-11H2,1-3H3,(H,21,25)/t12-/m0/s1. The van der Waals surface area contributed by atoms with Crippen molar-refractivity contribution in [3.8, 4) is 11.5 Å². The molecule has 2 amide bonds. The Bertz CT molecular complexity index is 1050. The minimum Gasteiger partial charge on any atom is -0.395 e. The molecule has 31 heavy (non-hydrogen) atoms. The van der Waals surface area contributed by atoms with Crippen molar-refractivity contribution in [1.82, 2.24) is 9.58 Å². The van der Waals surface area contributed by atoms with E-state index in [-0.39, 0.29) is 30.1 Å². The SMILES string of the molecule is COCCN1C(=O)c2c(OC(=O)Oc3ccc(NC(C)=O)cc3)c(=O)ccn2N[C@@H]1C. The van der Waals surface area contributed by atoms with Gasteiger partial charge in [0.05, 0.1) is 6.61 Å². The molecule has 0 spiro atoms. The quantitative estimate of drug-likeness (QED) is 0.520. The summed E-state index contributed by atoms with van der Waals surface area (Å²) in [5, 5.41) is 2.58. The van der Waals surface area contributed by atoms with Crippen LogP contribution in [0.25, 0.3) is 0 Å². The van der Waals surface area contributed by atoms with Gasteiger partial charge in [-0.3, -0.25) is 19.1 Å². The Balaban J connectivity index is 1.80. The Labute approximate surface area is 177 Å². The fourth-order valence-corrected chi connectivity index (χ4v) is 3.00. The molecular weight excluding hydrogens is 408 g/mol. The number of hydrogen-bond donors (Lipinski definition) is 2. The average molecular weight is 430 g/mol. The summed E-state index contributed by atoms with van der Waals surface area (Å²) in [6.07, 6.45) is -0.175. The minimum atomic E-state index is -1.19. The highest BCUT2D eigenvalue weighted by molar-refractivity contribution is 5.97. The van der Waals surface area contributed by atoms with Gasteiger partial charge in [-0.1, -0.05) is 0 Å². The molecule has 0 saturated heterocycles. The molecule has 2 heterocycles. The molecule has 2 N–H and O–H groups in total. The number of anilines is 1. The number of aromatic nitrogens is 1. The lowest BCUT2D eigenvalue weighted by atomic mass is 10.2. The number of nitrogens with zero attached hydrogens (tertiary/aromatic N) is 2. The lowest BCUT2D eigenvalue weighted by molar-refractivity contribution is -0.114. The minimum absolute atomic E-state index is 0.125. The number of nitrogens with one attached hydrogen (secondary N) is 2. The molecule has 1 aliphatic heterocycles. The molecule has 0 unspecified atom stereocenters. The van der Waals surface area contributed by atoms with Crippen LogP contribution in [0, 0.1) is 0 Å². The summed E-state index contributed by atoms with van der Waals surface area (Å²) in [5.74, 6) is -1.06. The van der Waals surface area contributed by atoms with E-state index in [1.54, 1.807) is 6.92 Å². The molecule has 1 aromatic carbocycles. The van der Waals surface area contributed by atoms with E-state index < -0.39 is 23.2 Å². The van der Waals surface area contributed by atoms with Gasteiger partial charge in [-0.25, -0.2) is 4.79 Å². The van der Waals surface area contributed by atoms with Gasteiger partial charge in [-0.2, -0.15) is 0 Å². The zero-order chi connectivity index (χ0) is 22.5. The van der Waals surface area contributed by atoms with Gasteiger partial charge in [0, 0.05) is 38.5 Å². The monoisotopic (exact) mass is 430 g/mol. The number of hydrogen-bond acceptors (Lipinski definition) is 8. The number of methoxy groups -OCH3 is 1. The first-order valence-corrected chi connectivity index (χ1v) is 9.39. The fourth-order valence-electron chi connectivity index (χ4n) is 3.00. The van der Waals surface area contributed by atoms with Crippen LogP contribution in [0.1, 0.15) is 24.3 Å². The van der Waals surface area contributed by atoms with Gasteiger partial charge < -0.3 is 29.9 Å². The number of fused-ring (bicyclic) bond motifs is 1. The van der Waals surface area contributed by atoms with Gasteiger partial charge in [0.15, 0.2) is 5.69 Å². The fraction of sp³-hybridized carbons (Fsp3) is 0.300. The van der Waals surface area contributed by atoms with Gasteiger partial charge in [-0.15, -0.1) is 0 Å². The Hall–Kier alpha value is -3.86. The van der Waals surface area contributed by atoms with E-state index in [4.69, 9.17) is 14.2 Å². The van der Waals surface area contributed by atoms with Crippen LogP contribution in [0.15, 0.2) is 41.3 Å². The van der Waals surface area contributed by atoms with Crippen molar-refractivity contribution in [3.63, 3.8) is 0 Å². The lowest BCUT2D eigenvalue weighted by Crippen LogP contribution is -2.53. The Kier molecular flexibility index (Phi) is 6.55. The van der Waals surface area contributed by atoms with Crippen molar-refractivity contribution < 1.29 is 28.6 Å². The van der Waals surface area contributed by atoms with Crippen LogP contribution in [0.2, 0.25) is 0 Å². The van der Waals surface area contributed by atoms with E-state index in [1.807, 2.05) is 0 Å².